The zero-order valence-electron chi connectivity index (χ0n) is 16.7. The van der Waals surface area contributed by atoms with Crippen molar-refractivity contribution < 1.29 is 9.53 Å². The van der Waals surface area contributed by atoms with Gasteiger partial charge in [0, 0.05) is 53.5 Å². The highest BCUT2D eigenvalue weighted by Gasteiger charge is 2.19. The molecule has 4 rings (SSSR count). The minimum absolute atomic E-state index is 0.0496. The number of fused-ring (bicyclic) bond motifs is 1. The summed E-state index contributed by atoms with van der Waals surface area (Å²) in [6, 6.07) is 13.8. The third-order valence-corrected chi connectivity index (χ3v) is 6.19. The van der Waals surface area contributed by atoms with E-state index in [4.69, 9.17) is 16.3 Å². The number of benzene rings is 2. The number of carbonyl (C=O) groups excluding carboxylic acids is 1. The second-order valence-corrected chi connectivity index (χ2v) is 8.91. The SMILES string of the molecule is O=C(NCCCN1CCN(c2cccc(Cl)c2)CC1)C1=Cc2cc(Br)ccc2OC1. The van der Waals surface area contributed by atoms with Crippen molar-refractivity contribution in [3.8, 4) is 5.75 Å². The van der Waals surface area contributed by atoms with Gasteiger partial charge >= 0.3 is 0 Å². The van der Waals surface area contributed by atoms with Crippen LogP contribution in [0.15, 0.2) is 52.5 Å². The Bertz CT molecular complexity index is 942. The van der Waals surface area contributed by atoms with E-state index in [0.29, 0.717) is 18.7 Å². The quantitative estimate of drug-likeness (QED) is 0.616. The Morgan fingerprint density at radius 2 is 1.97 bits per heavy atom. The van der Waals surface area contributed by atoms with Gasteiger partial charge in [-0.05, 0) is 55.4 Å². The molecule has 0 aliphatic carbocycles. The lowest BCUT2D eigenvalue weighted by molar-refractivity contribution is -0.117. The van der Waals surface area contributed by atoms with Crippen LogP contribution in [0.5, 0.6) is 5.75 Å². The highest BCUT2D eigenvalue weighted by Crippen LogP contribution is 2.29. The minimum Gasteiger partial charge on any atom is -0.488 e. The van der Waals surface area contributed by atoms with Gasteiger partial charge in [0.2, 0.25) is 0 Å². The second-order valence-electron chi connectivity index (χ2n) is 7.56. The van der Waals surface area contributed by atoms with Crippen molar-refractivity contribution in [2.45, 2.75) is 6.42 Å². The molecule has 0 radical (unpaired) electrons. The van der Waals surface area contributed by atoms with Gasteiger partial charge in [0.15, 0.2) is 0 Å². The Morgan fingerprint density at radius 1 is 1.13 bits per heavy atom. The van der Waals surface area contributed by atoms with Crippen LogP contribution < -0.4 is 15.0 Å². The van der Waals surface area contributed by atoms with Crippen LogP contribution in [-0.4, -0.2) is 56.7 Å². The monoisotopic (exact) mass is 489 g/mol. The molecule has 0 spiro atoms. The Hall–Kier alpha value is -2.02. The molecule has 2 aromatic rings. The predicted octanol–water partition coefficient (Wildman–Crippen LogP) is 4.21. The summed E-state index contributed by atoms with van der Waals surface area (Å²) in [5.74, 6) is 0.762. The number of nitrogens with one attached hydrogen (secondary N) is 1. The third-order valence-electron chi connectivity index (χ3n) is 5.46. The average Bonchev–Trinajstić information content (AvgIpc) is 2.76. The molecule has 1 amide bonds. The minimum atomic E-state index is -0.0496. The standard InChI is InChI=1S/C23H25BrClN3O2/c24-19-5-6-22-17(14-19)13-18(16-30-22)23(29)26-7-2-8-27-9-11-28(12-10-27)21-4-1-3-20(25)15-21/h1,3-6,13-15H,2,7-12,16H2,(H,26,29). The fourth-order valence-electron chi connectivity index (χ4n) is 3.80. The lowest BCUT2D eigenvalue weighted by atomic mass is 10.1. The maximum absolute atomic E-state index is 12.5. The first-order valence-corrected chi connectivity index (χ1v) is 11.4. The molecular formula is C23H25BrClN3O2. The highest BCUT2D eigenvalue weighted by molar-refractivity contribution is 9.10. The average molecular weight is 491 g/mol. The van der Waals surface area contributed by atoms with E-state index in [-0.39, 0.29) is 5.91 Å². The van der Waals surface area contributed by atoms with Crippen LogP contribution in [0.2, 0.25) is 5.02 Å². The van der Waals surface area contributed by atoms with E-state index < -0.39 is 0 Å². The molecule has 2 heterocycles. The normalized spacial score (nSPS) is 16.5. The van der Waals surface area contributed by atoms with Crippen molar-refractivity contribution in [2.24, 2.45) is 0 Å². The summed E-state index contributed by atoms with van der Waals surface area (Å²) in [5.41, 5.74) is 2.78. The fraction of sp³-hybridized carbons (Fsp3) is 0.348. The number of halogens is 2. The Labute approximate surface area is 190 Å². The molecule has 2 aliphatic heterocycles. The Kier molecular flexibility index (Phi) is 6.97. The molecule has 1 N–H and O–H groups in total. The van der Waals surface area contributed by atoms with Crippen molar-refractivity contribution in [1.82, 2.24) is 10.2 Å². The molecule has 0 unspecified atom stereocenters. The summed E-state index contributed by atoms with van der Waals surface area (Å²) in [7, 11) is 0. The molecule has 0 atom stereocenters. The lowest BCUT2D eigenvalue weighted by Crippen LogP contribution is -2.47. The summed E-state index contributed by atoms with van der Waals surface area (Å²) >= 11 is 9.56. The van der Waals surface area contributed by atoms with Gasteiger partial charge in [0.05, 0.1) is 5.57 Å². The van der Waals surface area contributed by atoms with Gasteiger partial charge in [0.25, 0.3) is 5.91 Å². The summed E-state index contributed by atoms with van der Waals surface area (Å²) in [5, 5.41) is 3.81. The van der Waals surface area contributed by atoms with E-state index in [1.165, 1.54) is 5.69 Å². The number of nitrogens with zero attached hydrogens (tertiary/aromatic N) is 2. The van der Waals surface area contributed by atoms with Crippen LogP contribution in [0.4, 0.5) is 5.69 Å². The molecule has 1 fully saturated rings. The first kappa shape index (κ1) is 21.2. The predicted molar refractivity (Wildman–Crippen MR) is 125 cm³/mol. The molecule has 30 heavy (non-hydrogen) atoms. The van der Waals surface area contributed by atoms with Gasteiger partial charge in [-0.2, -0.15) is 0 Å². The zero-order chi connectivity index (χ0) is 20.9. The first-order chi connectivity index (χ1) is 14.6. The van der Waals surface area contributed by atoms with E-state index >= 15 is 0 Å². The summed E-state index contributed by atoms with van der Waals surface area (Å²) in [4.78, 5) is 17.3. The number of anilines is 1. The van der Waals surface area contributed by atoms with Crippen LogP contribution in [0.1, 0.15) is 12.0 Å². The van der Waals surface area contributed by atoms with Crippen LogP contribution >= 0.6 is 27.5 Å². The summed E-state index contributed by atoms with van der Waals surface area (Å²) in [6.45, 7) is 5.98. The van der Waals surface area contributed by atoms with Crippen molar-refractivity contribution >= 4 is 45.2 Å². The van der Waals surface area contributed by atoms with Crippen molar-refractivity contribution in [3.63, 3.8) is 0 Å². The lowest BCUT2D eigenvalue weighted by Gasteiger charge is -2.36. The largest absolute Gasteiger partial charge is 0.488 e. The highest BCUT2D eigenvalue weighted by atomic mass is 79.9. The molecule has 1 saturated heterocycles. The van der Waals surface area contributed by atoms with Crippen molar-refractivity contribution in [3.05, 3.63) is 63.1 Å². The maximum Gasteiger partial charge on any atom is 0.250 e. The number of amides is 1. The van der Waals surface area contributed by atoms with Gasteiger partial charge in [-0.15, -0.1) is 0 Å². The van der Waals surface area contributed by atoms with Gasteiger partial charge in [0.1, 0.15) is 12.4 Å². The van der Waals surface area contributed by atoms with E-state index in [2.05, 4.69) is 37.1 Å². The molecule has 7 heteroatoms. The number of carbonyl (C=O) groups is 1. The van der Waals surface area contributed by atoms with Crippen molar-refractivity contribution in [2.75, 3.05) is 50.8 Å². The van der Waals surface area contributed by atoms with Gasteiger partial charge in [-0.3, -0.25) is 9.69 Å². The van der Waals surface area contributed by atoms with Gasteiger partial charge in [-0.1, -0.05) is 33.6 Å². The topological polar surface area (TPSA) is 44.8 Å². The third kappa shape index (κ3) is 5.36. The van der Waals surface area contributed by atoms with Crippen LogP contribution in [0.3, 0.4) is 0 Å². The maximum atomic E-state index is 12.5. The number of hydrogen-bond acceptors (Lipinski definition) is 4. The van der Waals surface area contributed by atoms with E-state index in [1.807, 2.05) is 42.5 Å². The number of ether oxygens (including phenoxy) is 1. The van der Waals surface area contributed by atoms with E-state index in [0.717, 1.165) is 60.0 Å². The van der Waals surface area contributed by atoms with Crippen LogP contribution in [0.25, 0.3) is 6.08 Å². The fourth-order valence-corrected chi connectivity index (χ4v) is 4.36. The number of rotatable bonds is 6. The van der Waals surface area contributed by atoms with Crippen LogP contribution in [0, 0.1) is 0 Å². The first-order valence-electron chi connectivity index (χ1n) is 10.2. The van der Waals surface area contributed by atoms with Crippen LogP contribution in [-0.2, 0) is 4.79 Å². The van der Waals surface area contributed by atoms with Gasteiger partial charge in [-0.25, -0.2) is 0 Å². The molecule has 2 aliphatic rings. The Balaban J connectivity index is 1.18. The second kappa shape index (κ2) is 9.86. The Morgan fingerprint density at radius 3 is 2.77 bits per heavy atom. The number of piperazine rings is 1. The van der Waals surface area contributed by atoms with Crippen molar-refractivity contribution in [1.29, 1.82) is 0 Å². The molecule has 2 aromatic carbocycles. The smallest absolute Gasteiger partial charge is 0.250 e. The summed E-state index contributed by atoms with van der Waals surface area (Å²) < 4.78 is 6.67. The van der Waals surface area contributed by atoms with E-state index in [1.54, 1.807) is 0 Å². The zero-order valence-corrected chi connectivity index (χ0v) is 19.1. The molecular weight excluding hydrogens is 466 g/mol. The molecule has 0 bridgehead atoms. The molecule has 5 nitrogen and oxygen atoms in total. The number of hydrogen-bond donors (Lipinski definition) is 1. The van der Waals surface area contributed by atoms with E-state index in [9.17, 15) is 4.79 Å². The molecule has 0 saturated carbocycles. The molecule has 158 valence electrons. The van der Waals surface area contributed by atoms with Gasteiger partial charge < -0.3 is 15.0 Å². The molecule has 0 aromatic heterocycles. The summed E-state index contributed by atoms with van der Waals surface area (Å²) in [6.07, 6.45) is 2.84.